The number of aliphatic hydroxyl groups excluding tert-OH is 1. The molecule has 1 aliphatic rings. The Balaban J connectivity index is 2.27. The smallest absolute Gasteiger partial charge is 0.278 e. The molecule has 1 amide bonds. The highest BCUT2D eigenvalue weighted by Gasteiger charge is 2.23. The fourth-order valence-corrected chi connectivity index (χ4v) is 2.18. The van der Waals surface area contributed by atoms with Crippen molar-refractivity contribution in [1.29, 1.82) is 5.53 Å². The van der Waals surface area contributed by atoms with Crippen LogP contribution in [0.1, 0.15) is 24.8 Å². The summed E-state index contributed by atoms with van der Waals surface area (Å²) >= 11 is 0. The molecule has 1 aliphatic heterocycles. The zero-order valence-corrected chi connectivity index (χ0v) is 10.7. The van der Waals surface area contributed by atoms with E-state index in [9.17, 15) is 9.90 Å². The normalized spacial score (nSPS) is 16.7. The van der Waals surface area contributed by atoms with Gasteiger partial charge in [-0.05, 0) is 19.3 Å². The van der Waals surface area contributed by atoms with Crippen molar-refractivity contribution in [2.75, 3.05) is 13.1 Å². The Kier molecular flexibility index (Phi) is 4.28. The average molecular weight is 259 g/mol. The van der Waals surface area contributed by atoms with Crippen LogP contribution < -0.4 is 0 Å². The zero-order chi connectivity index (χ0) is 13.7. The van der Waals surface area contributed by atoms with Crippen molar-refractivity contribution in [2.45, 2.75) is 19.3 Å². The molecule has 1 aromatic rings. The summed E-state index contributed by atoms with van der Waals surface area (Å²) in [6.07, 6.45) is 3.04. The summed E-state index contributed by atoms with van der Waals surface area (Å²) in [5.74, 6) is -0.595. The SMILES string of the molecule is N=N/C(C(=O)N1CCCCC1)=C(/O)c1ccccc1. The molecule has 0 bridgehead atoms. The molecule has 1 fully saturated rings. The molecule has 0 aliphatic carbocycles. The van der Waals surface area contributed by atoms with Gasteiger partial charge in [-0.1, -0.05) is 30.3 Å². The van der Waals surface area contributed by atoms with Crippen LogP contribution in [0.15, 0.2) is 41.1 Å². The van der Waals surface area contributed by atoms with E-state index in [1.54, 1.807) is 29.2 Å². The van der Waals surface area contributed by atoms with Gasteiger partial charge >= 0.3 is 0 Å². The van der Waals surface area contributed by atoms with Crippen LogP contribution >= 0.6 is 0 Å². The molecule has 0 atom stereocenters. The van der Waals surface area contributed by atoms with Crippen molar-refractivity contribution in [2.24, 2.45) is 5.11 Å². The summed E-state index contributed by atoms with van der Waals surface area (Å²) in [4.78, 5) is 13.9. The van der Waals surface area contributed by atoms with E-state index in [2.05, 4.69) is 5.11 Å². The first-order valence-corrected chi connectivity index (χ1v) is 6.39. The van der Waals surface area contributed by atoms with Crippen LogP contribution in [0.5, 0.6) is 0 Å². The van der Waals surface area contributed by atoms with Crippen molar-refractivity contribution in [3.63, 3.8) is 0 Å². The molecule has 0 spiro atoms. The van der Waals surface area contributed by atoms with Gasteiger partial charge in [-0.25, -0.2) is 5.53 Å². The molecule has 2 N–H and O–H groups in total. The molecule has 19 heavy (non-hydrogen) atoms. The molecule has 1 aromatic carbocycles. The third-order valence-electron chi connectivity index (χ3n) is 3.23. The minimum atomic E-state index is -0.365. The Hall–Kier alpha value is -2.17. The first kappa shape index (κ1) is 13.3. The molecule has 5 nitrogen and oxygen atoms in total. The topological polar surface area (TPSA) is 76.8 Å². The Bertz CT molecular complexity index is 491. The number of benzene rings is 1. The first-order valence-electron chi connectivity index (χ1n) is 6.39. The van der Waals surface area contributed by atoms with Gasteiger partial charge in [-0.3, -0.25) is 4.79 Å². The molecule has 1 saturated heterocycles. The molecular formula is C14H17N3O2. The van der Waals surface area contributed by atoms with Crippen LogP contribution in [-0.2, 0) is 4.79 Å². The van der Waals surface area contributed by atoms with Crippen molar-refractivity contribution < 1.29 is 9.90 Å². The van der Waals surface area contributed by atoms with Crippen LogP contribution in [0, 0.1) is 5.53 Å². The summed E-state index contributed by atoms with van der Waals surface area (Å²) in [5, 5.41) is 13.3. The highest BCUT2D eigenvalue weighted by Crippen LogP contribution is 2.20. The molecule has 5 heteroatoms. The lowest BCUT2D eigenvalue weighted by Crippen LogP contribution is -2.36. The zero-order valence-electron chi connectivity index (χ0n) is 10.7. The van der Waals surface area contributed by atoms with E-state index < -0.39 is 0 Å². The number of likely N-dealkylation sites (tertiary alicyclic amines) is 1. The van der Waals surface area contributed by atoms with Crippen LogP contribution in [-0.4, -0.2) is 29.0 Å². The number of hydrogen-bond acceptors (Lipinski definition) is 4. The lowest BCUT2D eigenvalue weighted by atomic mass is 10.1. The molecule has 0 aromatic heterocycles. The van der Waals surface area contributed by atoms with Crippen molar-refractivity contribution in [3.05, 3.63) is 41.6 Å². The van der Waals surface area contributed by atoms with Crippen molar-refractivity contribution in [3.8, 4) is 0 Å². The number of carbonyl (C=O) groups excluding carboxylic acids is 1. The maximum atomic E-state index is 12.2. The van der Waals surface area contributed by atoms with Gasteiger partial charge in [0.25, 0.3) is 5.91 Å². The number of amides is 1. The lowest BCUT2D eigenvalue weighted by Gasteiger charge is -2.26. The summed E-state index contributed by atoms with van der Waals surface area (Å²) < 4.78 is 0. The van der Waals surface area contributed by atoms with Crippen LogP contribution in [0.25, 0.3) is 5.76 Å². The standard InChI is InChI=1S/C14H17N3O2/c15-16-12(13(18)11-7-3-1-4-8-11)14(19)17-9-5-2-6-10-17/h1,3-4,7-8,15,18H,2,5-6,9-10H2/b13-12+,16-15?. The van der Waals surface area contributed by atoms with Crippen LogP contribution in [0.4, 0.5) is 0 Å². The van der Waals surface area contributed by atoms with Crippen molar-refractivity contribution >= 4 is 11.7 Å². The monoisotopic (exact) mass is 259 g/mol. The first-order chi connectivity index (χ1) is 9.24. The maximum Gasteiger partial charge on any atom is 0.278 e. The predicted molar refractivity (Wildman–Crippen MR) is 71.6 cm³/mol. The summed E-state index contributed by atoms with van der Waals surface area (Å²) in [6, 6.07) is 8.71. The van der Waals surface area contributed by atoms with Crippen LogP contribution in [0.2, 0.25) is 0 Å². The van der Waals surface area contributed by atoms with Crippen molar-refractivity contribution in [1.82, 2.24) is 4.90 Å². The number of aliphatic hydroxyl groups is 1. The third-order valence-corrected chi connectivity index (χ3v) is 3.23. The van der Waals surface area contributed by atoms with Gasteiger partial charge in [0.15, 0.2) is 11.5 Å². The number of nitrogens with zero attached hydrogens (tertiary/aromatic N) is 2. The molecule has 2 rings (SSSR count). The van der Waals surface area contributed by atoms with Crippen LogP contribution in [0.3, 0.4) is 0 Å². The second kappa shape index (κ2) is 6.13. The Morgan fingerprint density at radius 1 is 1.16 bits per heavy atom. The molecule has 0 saturated carbocycles. The fourth-order valence-electron chi connectivity index (χ4n) is 2.18. The van der Waals surface area contributed by atoms with Gasteiger partial charge in [0, 0.05) is 18.7 Å². The predicted octanol–water partition coefficient (Wildman–Crippen LogP) is 2.96. The number of nitrogens with one attached hydrogen (secondary N) is 1. The second-order valence-corrected chi connectivity index (χ2v) is 4.53. The molecule has 100 valence electrons. The van der Waals surface area contributed by atoms with E-state index in [1.165, 1.54) is 0 Å². The number of carbonyl (C=O) groups is 1. The highest BCUT2D eigenvalue weighted by atomic mass is 16.3. The van der Waals surface area contributed by atoms with Gasteiger partial charge in [0.05, 0.1) is 0 Å². The Morgan fingerprint density at radius 3 is 2.37 bits per heavy atom. The summed E-state index contributed by atoms with van der Waals surface area (Å²) in [6.45, 7) is 1.33. The molecular weight excluding hydrogens is 242 g/mol. The summed E-state index contributed by atoms with van der Waals surface area (Å²) in [5.41, 5.74) is 7.46. The van der Waals surface area contributed by atoms with E-state index in [0.29, 0.717) is 18.7 Å². The quantitative estimate of drug-likeness (QED) is 0.497. The molecule has 0 unspecified atom stereocenters. The van der Waals surface area contributed by atoms with E-state index >= 15 is 0 Å². The van der Waals surface area contributed by atoms with E-state index in [4.69, 9.17) is 5.53 Å². The Morgan fingerprint density at radius 2 is 1.79 bits per heavy atom. The second-order valence-electron chi connectivity index (χ2n) is 4.53. The number of hydrogen-bond donors (Lipinski definition) is 2. The van der Waals surface area contributed by atoms with Gasteiger partial charge in [-0.2, -0.15) is 0 Å². The largest absolute Gasteiger partial charge is 0.505 e. The minimum Gasteiger partial charge on any atom is -0.505 e. The van der Waals surface area contributed by atoms with E-state index in [1.807, 2.05) is 6.07 Å². The summed E-state index contributed by atoms with van der Waals surface area (Å²) in [7, 11) is 0. The van der Waals surface area contributed by atoms with Gasteiger partial charge < -0.3 is 10.0 Å². The lowest BCUT2D eigenvalue weighted by molar-refractivity contribution is -0.128. The maximum absolute atomic E-state index is 12.2. The van der Waals surface area contributed by atoms with E-state index in [0.717, 1.165) is 19.3 Å². The minimum absolute atomic E-state index is 0.187. The highest BCUT2D eigenvalue weighted by molar-refractivity contribution is 5.99. The van der Waals surface area contributed by atoms with Gasteiger partial charge in [0.1, 0.15) is 0 Å². The average Bonchev–Trinajstić information content (AvgIpc) is 2.49. The van der Waals surface area contributed by atoms with Gasteiger partial charge in [0.2, 0.25) is 0 Å². The van der Waals surface area contributed by atoms with E-state index in [-0.39, 0.29) is 17.4 Å². The molecule has 0 radical (unpaired) electrons. The third kappa shape index (κ3) is 2.99. The number of rotatable bonds is 3. The number of piperidine rings is 1. The Labute approximate surface area is 112 Å². The fraction of sp³-hybridized carbons (Fsp3) is 0.357. The molecule has 1 heterocycles. The van der Waals surface area contributed by atoms with Gasteiger partial charge in [-0.15, -0.1) is 5.11 Å².